The van der Waals surface area contributed by atoms with Gasteiger partial charge in [-0.2, -0.15) is 15.0 Å². The summed E-state index contributed by atoms with van der Waals surface area (Å²) >= 11 is 0. The molecular formula is C13H16FN5O. The molecule has 0 saturated carbocycles. The zero-order chi connectivity index (χ0) is 14.5. The van der Waals surface area contributed by atoms with Gasteiger partial charge in [0.05, 0.1) is 12.8 Å². The summed E-state index contributed by atoms with van der Waals surface area (Å²) in [7, 11) is 1.46. The predicted molar refractivity (Wildman–Crippen MR) is 75.0 cm³/mol. The summed E-state index contributed by atoms with van der Waals surface area (Å²) in [5.41, 5.74) is 1.24. The Balaban J connectivity index is 2.32. The number of methoxy groups -OCH3 is 1. The second-order valence-corrected chi connectivity index (χ2v) is 4.11. The van der Waals surface area contributed by atoms with Crippen molar-refractivity contribution < 1.29 is 9.13 Å². The average molecular weight is 277 g/mol. The highest BCUT2D eigenvalue weighted by Gasteiger charge is 2.09. The number of nitrogens with zero attached hydrogens (tertiary/aromatic N) is 3. The van der Waals surface area contributed by atoms with Crippen LogP contribution in [0.2, 0.25) is 0 Å². The molecule has 20 heavy (non-hydrogen) atoms. The molecule has 0 aliphatic heterocycles. The fraction of sp³-hybridized carbons (Fsp3) is 0.308. The van der Waals surface area contributed by atoms with E-state index in [2.05, 4.69) is 25.6 Å². The largest absolute Gasteiger partial charge is 0.467 e. The Morgan fingerprint density at radius 2 is 1.95 bits per heavy atom. The number of anilines is 3. The van der Waals surface area contributed by atoms with Gasteiger partial charge in [-0.15, -0.1) is 0 Å². The molecule has 0 fully saturated rings. The van der Waals surface area contributed by atoms with Gasteiger partial charge in [-0.1, -0.05) is 6.07 Å². The number of nitrogens with one attached hydrogen (secondary N) is 2. The van der Waals surface area contributed by atoms with Gasteiger partial charge in [0.1, 0.15) is 5.82 Å². The van der Waals surface area contributed by atoms with Crippen molar-refractivity contribution in [2.75, 3.05) is 24.3 Å². The third-order valence-corrected chi connectivity index (χ3v) is 2.50. The number of aromatic nitrogens is 3. The molecule has 1 aromatic heterocycles. The summed E-state index contributed by atoms with van der Waals surface area (Å²) in [6.07, 6.45) is 0. The van der Waals surface area contributed by atoms with E-state index >= 15 is 0 Å². The Kier molecular flexibility index (Phi) is 4.29. The Hall–Kier alpha value is -2.44. The molecule has 0 amide bonds. The Labute approximate surface area is 116 Å². The van der Waals surface area contributed by atoms with Crippen LogP contribution in [0.3, 0.4) is 0 Å². The van der Waals surface area contributed by atoms with Crippen molar-refractivity contribution in [2.24, 2.45) is 0 Å². The molecule has 1 heterocycles. The maximum absolute atomic E-state index is 13.7. The first-order valence-corrected chi connectivity index (χ1v) is 6.19. The molecule has 1 aromatic carbocycles. The SMILES string of the molecule is CCNc1nc(Nc2cc(C)ccc2F)nc(OC)n1. The van der Waals surface area contributed by atoms with E-state index < -0.39 is 0 Å². The maximum Gasteiger partial charge on any atom is 0.322 e. The Morgan fingerprint density at radius 3 is 2.65 bits per heavy atom. The molecule has 0 aliphatic rings. The number of ether oxygens (including phenoxy) is 1. The van der Waals surface area contributed by atoms with E-state index in [1.807, 2.05) is 13.8 Å². The molecule has 106 valence electrons. The van der Waals surface area contributed by atoms with Crippen LogP contribution in [0.25, 0.3) is 0 Å². The summed E-state index contributed by atoms with van der Waals surface area (Å²) in [5.74, 6) is 0.215. The molecule has 6 nitrogen and oxygen atoms in total. The predicted octanol–water partition coefficient (Wildman–Crippen LogP) is 2.50. The van der Waals surface area contributed by atoms with Crippen LogP contribution in [-0.4, -0.2) is 28.6 Å². The maximum atomic E-state index is 13.7. The lowest BCUT2D eigenvalue weighted by molar-refractivity contribution is 0.379. The van der Waals surface area contributed by atoms with Crippen molar-refractivity contribution in [3.63, 3.8) is 0 Å². The first-order valence-electron chi connectivity index (χ1n) is 6.19. The zero-order valence-electron chi connectivity index (χ0n) is 11.6. The normalized spacial score (nSPS) is 10.2. The van der Waals surface area contributed by atoms with Crippen molar-refractivity contribution in [1.29, 1.82) is 0 Å². The Morgan fingerprint density at radius 1 is 1.20 bits per heavy atom. The fourth-order valence-corrected chi connectivity index (χ4v) is 1.60. The second kappa shape index (κ2) is 6.14. The highest BCUT2D eigenvalue weighted by molar-refractivity contribution is 5.56. The van der Waals surface area contributed by atoms with Crippen LogP contribution >= 0.6 is 0 Å². The first kappa shape index (κ1) is 14.0. The smallest absolute Gasteiger partial charge is 0.322 e. The summed E-state index contributed by atoms with van der Waals surface area (Å²) in [6, 6.07) is 4.92. The lowest BCUT2D eigenvalue weighted by Gasteiger charge is -2.09. The van der Waals surface area contributed by atoms with Crippen LogP contribution in [0.1, 0.15) is 12.5 Å². The van der Waals surface area contributed by atoms with Gasteiger partial charge in [-0.25, -0.2) is 4.39 Å². The fourth-order valence-electron chi connectivity index (χ4n) is 1.60. The van der Waals surface area contributed by atoms with Crippen molar-refractivity contribution in [3.8, 4) is 6.01 Å². The standard InChI is InChI=1S/C13H16FN5O/c1-4-15-11-17-12(19-13(18-11)20-3)16-10-7-8(2)5-6-9(10)14/h5-7H,4H2,1-3H3,(H2,15,16,17,18,19). The van der Waals surface area contributed by atoms with Crippen molar-refractivity contribution >= 4 is 17.6 Å². The third kappa shape index (κ3) is 3.31. The van der Waals surface area contributed by atoms with Crippen molar-refractivity contribution in [1.82, 2.24) is 15.0 Å². The van der Waals surface area contributed by atoms with Gasteiger partial charge in [0.15, 0.2) is 0 Å². The molecule has 0 bridgehead atoms. The van der Waals surface area contributed by atoms with Crippen LogP contribution in [0, 0.1) is 12.7 Å². The van der Waals surface area contributed by atoms with Crippen LogP contribution in [-0.2, 0) is 0 Å². The molecule has 0 atom stereocenters. The summed E-state index contributed by atoms with van der Waals surface area (Å²) in [5, 5.41) is 5.79. The third-order valence-electron chi connectivity index (χ3n) is 2.50. The molecule has 2 rings (SSSR count). The van der Waals surface area contributed by atoms with Crippen LogP contribution in [0.4, 0.5) is 22.0 Å². The monoisotopic (exact) mass is 277 g/mol. The minimum atomic E-state index is -0.375. The molecular weight excluding hydrogens is 261 g/mol. The second-order valence-electron chi connectivity index (χ2n) is 4.11. The number of benzene rings is 1. The number of hydrogen-bond acceptors (Lipinski definition) is 6. The van der Waals surface area contributed by atoms with Crippen LogP contribution in [0.15, 0.2) is 18.2 Å². The number of rotatable bonds is 5. The topological polar surface area (TPSA) is 72.0 Å². The molecule has 7 heteroatoms. The summed E-state index contributed by atoms with van der Waals surface area (Å²) < 4.78 is 18.7. The van der Waals surface area contributed by atoms with E-state index in [1.165, 1.54) is 13.2 Å². The van der Waals surface area contributed by atoms with E-state index in [9.17, 15) is 4.39 Å². The van der Waals surface area contributed by atoms with E-state index in [1.54, 1.807) is 12.1 Å². The van der Waals surface area contributed by atoms with E-state index in [4.69, 9.17) is 4.74 Å². The van der Waals surface area contributed by atoms with Gasteiger partial charge in [-0.3, -0.25) is 0 Å². The van der Waals surface area contributed by atoms with Gasteiger partial charge in [0.2, 0.25) is 11.9 Å². The van der Waals surface area contributed by atoms with E-state index in [0.717, 1.165) is 5.56 Å². The zero-order valence-corrected chi connectivity index (χ0v) is 11.6. The molecule has 2 N–H and O–H groups in total. The quantitative estimate of drug-likeness (QED) is 0.875. The summed E-state index contributed by atoms with van der Waals surface area (Å²) in [4.78, 5) is 12.2. The summed E-state index contributed by atoms with van der Waals surface area (Å²) in [6.45, 7) is 4.46. The average Bonchev–Trinajstić information content (AvgIpc) is 2.43. The molecule has 0 radical (unpaired) electrons. The van der Waals surface area contributed by atoms with Gasteiger partial charge in [-0.05, 0) is 31.5 Å². The molecule has 0 aliphatic carbocycles. The lowest BCUT2D eigenvalue weighted by atomic mass is 10.2. The van der Waals surface area contributed by atoms with Gasteiger partial charge in [0, 0.05) is 6.54 Å². The minimum absolute atomic E-state index is 0.159. The number of aryl methyl sites for hydroxylation is 1. The molecule has 0 saturated heterocycles. The van der Waals surface area contributed by atoms with Gasteiger partial charge in [0.25, 0.3) is 0 Å². The number of hydrogen-bond donors (Lipinski definition) is 2. The minimum Gasteiger partial charge on any atom is -0.467 e. The van der Waals surface area contributed by atoms with Crippen LogP contribution in [0.5, 0.6) is 6.01 Å². The van der Waals surface area contributed by atoms with Crippen molar-refractivity contribution in [3.05, 3.63) is 29.6 Å². The molecule has 0 spiro atoms. The lowest BCUT2D eigenvalue weighted by Crippen LogP contribution is -2.08. The molecule has 0 unspecified atom stereocenters. The van der Waals surface area contributed by atoms with Crippen LogP contribution < -0.4 is 15.4 Å². The van der Waals surface area contributed by atoms with E-state index in [-0.39, 0.29) is 17.8 Å². The van der Waals surface area contributed by atoms with Crippen molar-refractivity contribution in [2.45, 2.75) is 13.8 Å². The highest BCUT2D eigenvalue weighted by Crippen LogP contribution is 2.20. The Bertz CT molecular complexity index is 605. The highest BCUT2D eigenvalue weighted by atomic mass is 19.1. The first-order chi connectivity index (χ1) is 9.62. The van der Waals surface area contributed by atoms with E-state index in [0.29, 0.717) is 18.2 Å². The molecule has 2 aromatic rings. The van der Waals surface area contributed by atoms with Gasteiger partial charge < -0.3 is 15.4 Å². The number of halogens is 1. The van der Waals surface area contributed by atoms with Gasteiger partial charge >= 0.3 is 6.01 Å².